The lowest BCUT2D eigenvalue weighted by atomic mass is 10.3. The van der Waals surface area contributed by atoms with Crippen molar-refractivity contribution >= 4 is 25.5 Å². The van der Waals surface area contributed by atoms with Crippen LogP contribution in [0, 0.1) is 5.82 Å². The number of hydrogen-bond donors (Lipinski definition) is 1. The maximum atomic E-state index is 13.3. The van der Waals surface area contributed by atoms with Gasteiger partial charge >= 0.3 is 0 Å². The van der Waals surface area contributed by atoms with E-state index in [9.17, 15) is 21.2 Å². The summed E-state index contributed by atoms with van der Waals surface area (Å²) in [5.41, 5.74) is 5.14. The molecule has 1 heterocycles. The molecule has 1 aliphatic rings. The van der Waals surface area contributed by atoms with Crippen LogP contribution in [0.3, 0.4) is 0 Å². The summed E-state index contributed by atoms with van der Waals surface area (Å²) in [6.07, 6.45) is 0. The molecule has 19 heavy (non-hydrogen) atoms. The first-order chi connectivity index (χ1) is 8.72. The molecule has 1 aromatic rings. The molecule has 1 saturated heterocycles. The predicted molar refractivity (Wildman–Crippen MR) is 68.2 cm³/mol. The lowest BCUT2D eigenvalue weighted by molar-refractivity contribution is 0.430. The van der Waals surface area contributed by atoms with Crippen LogP contribution >= 0.6 is 0 Å². The Morgan fingerprint density at radius 3 is 2.32 bits per heavy atom. The molecule has 0 aliphatic carbocycles. The Labute approximate surface area is 111 Å². The van der Waals surface area contributed by atoms with Crippen molar-refractivity contribution in [2.24, 2.45) is 0 Å². The molecule has 1 aromatic carbocycles. The van der Waals surface area contributed by atoms with Gasteiger partial charge in [-0.15, -0.1) is 0 Å². The van der Waals surface area contributed by atoms with Gasteiger partial charge < -0.3 is 5.73 Å². The highest BCUT2D eigenvalue weighted by Gasteiger charge is 2.31. The summed E-state index contributed by atoms with van der Waals surface area (Å²) in [6.45, 7) is -0.229. The Balaban J connectivity index is 2.30. The predicted octanol–water partition coefficient (Wildman–Crippen LogP) is -0.173. The Kier molecular flexibility index (Phi) is 3.54. The topological polar surface area (TPSA) is 97.5 Å². The Morgan fingerprint density at radius 2 is 1.79 bits per heavy atom. The largest absolute Gasteiger partial charge is 0.396 e. The van der Waals surface area contributed by atoms with Gasteiger partial charge in [0.05, 0.1) is 22.1 Å². The first kappa shape index (κ1) is 14.2. The van der Waals surface area contributed by atoms with Crippen LogP contribution in [0.25, 0.3) is 0 Å². The molecule has 6 nitrogen and oxygen atoms in total. The van der Waals surface area contributed by atoms with Gasteiger partial charge in [-0.25, -0.2) is 21.2 Å². The summed E-state index contributed by atoms with van der Waals surface area (Å²) in [4.78, 5) is -0.224. The van der Waals surface area contributed by atoms with Gasteiger partial charge in [0.15, 0.2) is 9.84 Å². The van der Waals surface area contributed by atoms with Gasteiger partial charge in [0.2, 0.25) is 10.0 Å². The number of nitrogen functional groups attached to an aromatic ring is 1. The molecule has 1 aliphatic heterocycles. The molecule has 9 heteroatoms. The van der Waals surface area contributed by atoms with E-state index >= 15 is 0 Å². The highest BCUT2D eigenvalue weighted by atomic mass is 32.2. The highest BCUT2D eigenvalue weighted by molar-refractivity contribution is 7.92. The normalized spacial score (nSPS) is 20.3. The van der Waals surface area contributed by atoms with E-state index in [1.807, 2.05) is 0 Å². The fourth-order valence-corrected chi connectivity index (χ4v) is 4.64. The number of sulfone groups is 1. The van der Waals surface area contributed by atoms with E-state index in [4.69, 9.17) is 5.73 Å². The number of rotatable bonds is 2. The highest BCUT2D eigenvalue weighted by Crippen LogP contribution is 2.21. The summed E-state index contributed by atoms with van der Waals surface area (Å²) in [6, 6.07) is 3.22. The molecule has 0 unspecified atom stereocenters. The molecule has 0 amide bonds. The van der Waals surface area contributed by atoms with E-state index in [-0.39, 0.29) is 35.2 Å². The first-order valence-corrected chi connectivity index (χ1v) is 8.74. The number of hydrogen-bond acceptors (Lipinski definition) is 5. The zero-order valence-electron chi connectivity index (χ0n) is 9.91. The zero-order chi connectivity index (χ0) is 14.3. The Morgan fingerprint density at radius 1 is 1.21 bits per heavy atom. The SMILES string of the molecule is Nc1ccc(S(=O)(=O)N2CCS(=O)(=O)CC2)cc1F. The second-order valence-corrected chi connectivity index (χ2v) is 8.48. The van der Waals surface area contributed by atoms with Crippen molar-refractivity contribution in [3.05, 3.63) is 24.0 Å². The fraction of sp³-hybridized carbons (Fsp3) is 0.400. The summed E-state index contributed by atoms with van der Waals surface area (Å²) in [5, 5.41) is 0. The molecule has 1 fully saturated rings. The lowest BCUT2D eigenvalue weighted by Gasteiger charge is -2.25. The zero-order valence-corrected chi connectivity index (χ0v) is 11.5. The number of sulfonamides is 1. The minimum atomic E-state index is -3.88. The maximum absolute atomic E-state index is 13.3. The lowest BCUT2D eigenvalue weighted by Crippen LogP contribution is -2.43. The van der Waals surface area contributed by atoms with E-state index in [1.165, 1.54) is 12.1 Å². The smallest absolute Gasteiger partial charge is 0.243 e. The van der Waals surface area contributed by atoms with Crippen molar-refractivity contribution in [3.63, 3.8) is 0 Å². The van der Waals surface area contributed by atoms with Gasteiger partial charge in [-0.1, -0.05) is 0 Å². The van der Waals surface area contributed by atoms with Crippen LogP contribution in [0.4, 0.5) is 10.1 Å². The number of nitrogens with two attached hydrogens (primary N) is 1. The molecule has 2 rings (SSSR count). The third-order valence-electron chi connectivity index (χ3n) is 2.91. The van der Waals surface area contributed by atoms with Crippen molar-refractivity contribution < 1.29 is 21.2 Å². The molecule has 106 valence electrons. The molecular weight excluding hydrogens is 295 g/mol. The third-order valence-corrected chi connectivity index (χ3v) is 6.42. The van der Waals surface area contributed by atoms with Gasteiger partial charge in [-0.05, 0) is 18.2 Å². The molecule has 0 atom stereocenters. The van der Waals surface area contributed by atoms with Crippen LogP contribution in [0.1, 0.15) is 0 Å². The van der Waals surface area contributed by atoms with Crippen molar-refractivity contribution in [1.29, 1.82) is 0 Å². The van der Waals surface area contributed by atoms with E-state index in [2.05, 4.69) is 0 Å². The van der Waals surface area contributed by atoms with Crippen molar-refractivity contribution in [1.82, 2.24) is 4.31 Å². The summed E-state index contributed by atoms with van der Waals surface area (Å²) in [7, 11) is -7.05. The minimum Gasteiger partial charge on any atom is -0.396 e. The van der Waals surface area contributed by atoms with Crippen molar-refractivity contribution in [2.75, 3.05) is 30.3 Å². The molecule has 0 radical (unpaired) electrons. The number of anilines is 1. The van der Waals surface area contributed by atoms with Gasteiger partial charge in [0, 0.05) is 13.1 Å². The summed E-state index contributed by atoms with van der Waals surface area (Å²) < 4.78 is 61.2. The fourth-order valence-electron chi connectivity index (χ4n) is 1.75. The van der Waals surface area contributed by atoms with Gasteiger partial charge in [-0.2, -0.15) is 4.31 Å². The van der Waals surface area contributed by atoms with E-state index < -0.39 is 25.7 Å². The molecule has 0 spiro atoms. The van der Waals surface area contributed by atoms with Crippen LogP contribution in [0.2, 0.25) is 0 Å². The van der Waals surface area contributed by atoms with Crippen molar-refractivity contribution in [3.8, 4) is 0 Å². The van der Waals surface area contributed by atoms with Crippen LogP contribution in [-0.2, 0) is 19.9 Å². The third kappa shape index (κ3) is 2.88. The monoisotopic (exact) mass is 308 g/mol. The molecule has 0 aromatic heterocycles. The second-order valence-electron chi connectivity index (χ2n) is 4.24. The molecule has 0 bridgehead atoms. The molecule has 0 saturated carbocycles. The van der Waals surface area contributed by atoms with Crippen LogP contribution in [0.15, 0.2) is 23.1 Å². The van der Waals surface area contributed by atoms with Gasteiger partial charge in [0.25, 0.3) is 0 Å². The average molecular weight is 308 g/mol. The number of nitrogens with zero attached hydrogens (tertiary/aromatic N) is 1. The number of benzene rings is 1. The van der Waals surface area contributed by atoms with Crippen LogP contribution < -0.4 is 5.73 Å². The Hall–Kier alpha value is -1.19. The average Bonchev–Trinajstić information content (AvgIpc) is 2.32. The van der Waals surface area contributed by atoms with E-state index in [0.29, 0.717) is 0 Å². The molecular formula is C10H13FN2O4S2. The summed E-state index contributed by atoms with van der Waals surface area (Å²) >= 11 is 0. The van der Waals surface area contributed by atoms with Gasteiger partial charge in [-0.3, -0.25) is 0 Å². The second kappa shape index (κ2) is 4.73. The van der Waals surface area contributed by atoms with Crippen molar-refractivity contribution in [2.45, 2.75) is 4.90 Å². The minimum absolute atomic E-state index is 0.114. The van der Waals surface area contributed by atoms with E-state index in [0.717, 1.165) is 10.4 Å². The standard InChI is InChI=1S/C10H13FN2O4S2/c11-9-7-8(1-2-10(9)12)19(16,17)13-3-5-18(14,15)6-4-13/h1-2,7H,3-6,12H2. The Bertz CT molecular complexity index is 686. The molecule has 2 N–H and O–H groups in total. The first-order valence-electron chi connectivity index (χ1n) is 5.48. The maximum Gasteiger partial charge on any atom is 0.243 e. The quantitative estimate of drug-likeness (QED) is 0.765. The summed E-state index contributed by atoms with van der Waals surface area (Å²) in [5.74, 6) is -1.25. The van der Waals surface area contributed by atoms with Crippen LogP contribution in [0.5, 0.6) is 0 Å². The van der Waals surface area contributed by atoms with Crippen LogP contribution in [-0.4, -0.2) is 45.7 Å². The van der Waals surface area contributed by atoms with Gasteiger partial charge in [0.1, 0.15) is 5.82 Å². The number of halogens is 1. The van der Waals surface area contributed by atoms with E-state index in [1.54, 1.807) is 0 Å².